The zero-order chi connectivity index (χ0) is 13.5. The maximum atomic E-state index is 12.1. The second-order valence-electron chi connectivity index (χ2n) is 5.16. The van der Waals surface area contributed by atoms with Gasteiger partial charge < -0.3 is 10.6 Å². The molecule has 0 aliphatic carbocycles. The van der Waals surface area contributed by atoms with Crippen molar-refractivity contribution in [3.8, 4) is 0 Å². The van der Waals surface area contributed by atoms with E-state index in [0.29, 0.717) is 25.4 Å². The highest BCUT2D eigenvalue weighted by Gasteiger charge is 2.17. The standard InChI is InChI=1S/C13H23N3OS/c1-10(2)4-11(6-14)5-13(17)16(3)7-12-8-18-9-15-12/h8-11H,4-7,14H2,1-3H3. The summed E-state index contributed by atoms with van der Waals surface area (Å²) in [5.41, 5.74) is 8.46. The number of hydrogen-bond acceptors (Lipinski definition) is 4. The molecule has 0 aliphatic rings. The fourth-order valence-electron chi connectivity index (χ4n) is 1.98. The van der Waals surface area contributed by atoms with E-state index in [1.54, 1.807) is 21.7 Å². The van der Waals surface area contributed by atoms with Gasteiger partial charge in [-0.1, -0.05) is 13.8 Å². The number of aromatic nitrogens is 1. The van der Waals surface area contributed by atoms with Crippen molar-refractivity contribution in [3.63, 3.8) is 0 Å². The second-order valence-corrected chi connectivity index (χ2v) is 5.88. The highest BCUT2D eigenvalue weighted by atomic mass is 32.1. The maximum absolute atomic E-state index is 12.1. The van der Waals surface area contributed by atoms with Gasteiger partial charge in [-0.05, 0) is 24.8 Å². The first kappa shape index (κ1) is 15.1. The van der Waals surface area contributed by atoms with Gasteiger partial charge in [-0.2, -0.15) is 0 Å². The van der Waals surface area contributed by atoms with E-state index in [1.807, 2.05) is 12.4 Å². The number of nitrogens with two attached hydrogens (primary N) is 1. The average Bonchev–Trinajstić information content (AvgIpc) is 2.80. The van der Waals surface area contributed by atoms with Crippen molar-refractivity contribution in [2.45, 2.75) is 33.2 Å². The molecule has 5 heteroatoms. The lowest BCUT2D eigenvalue weighted by Gasteiger charge is -2.21. The van der Waals surface area contributed by atoms with Gasteiger partial charge in [0.1, 0.15) is 0 Å². The Morgan fingerprint density at radius 3 is 2.78 bits per heavy atom. The van der Waals surface area contributed by atoms with E-state index in [2.05, 4.69) is 18.8 Å². The lowest BCUT2D eigenvalue weighted by Crippen LogP contribution is -2.30. The van der Waals surface area contributed by atoms with Crippen LogP contribution < -0.4 is 5.73 Å². The number of carbonyl (C=O) groups is 1. The zero-order valence-corrected chi connectivity index (χ0v) is 12.2. The lowest BCUT2D eigenvalue weighted by molar-refractivity contribution is -0.131. The highest BCUT2D eigenvalue weighted by molar-refractivity contribution is 7.07. The molecule has 0 radical (unpaired) electrons. The largest absolute Gasteiger partial charge is 0.340 e. The summed E-state index contributed by atoms with van der Waals surface area (Å²) < 4.78 is 0. The molecular weight excluding hydrogens is 246 g/mol. The normalized spacial score (nSPS) is 12.7. The Morgan fingerprint density at radius 2 is 2.28 bits per heavy atom. The summed E-state index contributed by atoms with van der Waals surface area (Å²) in [5.74, 6) is 1.02. The third kappa shape index (κ3) is 5.14. The number of carbonyl (C=O) groups excluding carboxylic acids is 1. The zero-order valence-electron chi connectivity index (χ0n) is 11.4. The summed E-state index contributed by atoms with van der Waals surface area (Å²) in [7, 11) is 1.82. The van der Waals surface area contributed by atoms with Crippen LogP contribution in [0.3, 0.4) is 0 Å². The number of thiazole rings is 1. The van der Waals surface area contributed by atoms with Crippen LogP contribution in [0.15, 0.2) is 10.9 Å². The van der Waals surface area contributed by atoms with Gasteiger partial charge in [0, 0.05) is 18.8 Å². The first-order chi connectivity index (χ1) is 8.52. The summed E-state index contributed by atoms with van der Waals surface area (Å²) in [5, 5.41) is 1.97. The van der Waals surface area contributed by atoms with E-state index in [0.717, 1.165) is 12.1 Å². The molecule has 1 heterocycles. The Balaban J connectivity index is 2.43. The molecule has 102 valence electrons. The van der Waals surface area contributed by atoms with Crippen molar-refractivity contribution in [3.05, 3.63) is 16.6 Å². The van der Waals surface area contributed by atoms with Gasteiger partial charge in [0.25, 0.3) is 0 Å². The Morgan fingerprint density at radius 1 is 1.56 bits per heavy atom. The lowest BCUT2D eigenvalue weighted by atomic mass is 9.94. The van der Waals surface area contributed by atoms with E-state index < -0.39 is 0 Å². The molecular formula is C13H23N3OS. The Hall–Kier alpha value is -0.940. The van der Waals surface area contributed by atoms with Crippen molar-refractivity contribution in [1.82, 2.24) is 9.88 Å². The van der Waals surface area contributed by atoms with Gasteiger partial charge in [-0.25, -0.2) is 4.98 Å². The number of amides is 1. The maximum Gasteiger partial charge on any atom is 0.222 e. The van der Waals surface area contributed by atoms with Crippen LogP contribution in [0.5, 0.6) is 0 Å². The van der Waals surface area contributed by atoms with Crippen LogP contribution in [-0.2, 0) is 11.3 Å². The topological polar surface area (TPSA) is 59.2 Å². The van der Waals surface area contributed by atoms with Gasteiger partial charge in [0.05, 0.1) is 17.7 Å². The molecule has 1 atom stereocenters. The minimum atomic E-state index is 0.152. The van der Waals surface area contributed by atoms with Crippen LogP contribution in [0, 0.1) is 11.8 Å². The summed E-state index contributed by atoms with van der Waals surface area (Å²) in [6.07, 6.45) is 1.54. The summed E-state index contributed by atoms with van der Waals surface area (Å²) in [4.78, 5) is 18.0. The van der Waals surface area contributed by atoms with Crippen LogP contribution in [0.25, 0.3) is 0 Å². The third-order valence-corrected chi connectivity index (χ3v) is 3.55. The van der Waals surface area contributed by atoms with Gasteiger partial charge >= 0.3 is 0 Å². The average molecular weight is 269 g/mol. The van der Waals surface area contributed by atoms with E-state index in [9.17, 15) is 4.79 Å². The smallest absolute Gasteiger partial charge is 0.222 e. The third-order valence-electron chi connectivity index (χ3n) is 2.91. The van der Waals surface area contributed by atoms with Crippen molar-refractivity contribution >= 4 is 17.2 Å². The van der Waals surface area contributed by atoms with Crippen molar-refractivity contribution < 1.29 is 4.79 Å². The Kier molecular flexibility index (Phi) is 6.29. The van der Waals surface area contributed by atoms with Gasteiger partial charge in [-0.3, -0.25) is 4.79 Å². The molecule has 0 saturated carbocycles. The molecule has 1 rings (SSSR count). The molecule has 2 N–H and O–H groups in total. The summed E-state index contributed by atoms with van der Waals surface area (Å²) in [6, 6.07) is 0. The summed E-state index contributed by atoms with van der Waals surface area (Å²) in [6.45, 7) is 5.48. The first-order valence-corrected chi connectivity index (χ1v) is 7.28. The fraction of sp³-hybridized carbons (Fsp3) is 0.692. The van der Waals surface area contributed by atoms with Crippen molar-refractivity contribution in [1.29, 1.82) is 0 Å². The molecule has 0 bridgehead atoms. The van der Waals surface area contributed by atoms with E-state index >= 15 is 0 Å². The SMILES string of the molecule is CC(C)CC(CN)CC(=O)N(C)Cc1cscn1. The molecule has 4 nitrogen and oxygen atoms in total. The molecule has 18 heavy (non-hydrogen) atoms. The molecule has 0 spiro atoms. The molecule has 0 fully saturated rings. The number of rotatable bonds is 7. The molecule has 1 aromatic rings. The molecule has 1 amide bonds. The monoisotopic (exact) mass is 269 g/mol. The predicted molar refractivity (Wildman–Crippen MR) is 75.2 cm³/mol. The van der Waals surface area contributed by atoms with Crippen LogP contribution in [0.2, 0.25) is 0 Å². The predicted octanol–water partition coefficient (Wildman–Crippen LogP) is 2.11. The number of hydrogen-bond donors (Lipinski definition) is 1. The quantitative estimate of drug-likeness (QED) is 0.824. The molecule has 0 saturated heterocycles. The summed E-state index contributed by atoms with van der Waals surface area (Å²) >= 11 is 1.55. The van der Waals surface area contributed by atoms with Gasteiger partial charge in [0.2, 0.25) is 5.91 Å². The second kappa shape index (κ2) is 7.48. The van der Waals surface area contributed by atoms with Gasteiger partial charge in [0.15, 0.2) is 0 Å². The van der Waals surface area contributed by atoms with Crippen molar-refractivity contribution in [2.24, 2.45) is 17.6 Å². The minimum Gasteiger partial charge on any atom is -0.340 e. The van der Waals surface area contributed by atoms with E-state index in [4.69, 9.17) is 5.73 Å². The fourth-order valence-corrected chi connectivity index (χ4v) is 2.53. The van der Waals surface area contributed by atoms with Crippen molar-refractivity contribution in [2.75, 3.05) is 13.6 Å². The first-order valence-electron chi connectivity index (χ1n) is 6.34. The van der Waals surface area contributed by atoms with Crippen LogP contribution >= 0.6 is 11.3 Å². The molecule has 0 aromatic carbocycles. The van der Waals surface area contributed by atoms with Crippen LogP contribution in [0.4, 0.5) is 0 Å². The Labute approximate surface area is 113 Å². The Bertz CT molecular complexity index is 351. The van der Waals surface area contributed by atoms with Gasteiger partial charge in [-0.15, -0.1) is 11.3 Å². The molecule has 1 unspecified atom stereocenters. The minimum absolute atomic E-state index is 0.152. The molecule has 0 aliphatic heterocycles. The van der Waals surface area contributed by atoms with E-state index in [-0.39, 0.29) is 11.8 Å². The molecule has 1 aromatic heterocycles. The van der Waals surface area contributed by atoms with Crippen LogP contribution in [-0.4, -0.2) is 29.4 Å². The highest BCUT2D eigenvalue weighted by Crippen LogP contribution is 2.16. The van der Waals surface area contributed by atoms with E-state index in [1.165, 1.54) is 0 Å². The van der Waals surface area contributed by atoms with Crippen LogP contribution in [0.1, 0.15) is 32.4 Å². The number of nitrogens with zero attached hydrogens (tertiary/aromatic N) is 2.